The van der Waals surface area contributed by atoms with Crippen LogP contribution in [0.25, 0.3) is 0 Å². The normalized spacial score (nSPS) is 11.5. The molecule has 0 aliphatic heterocycles. The summed E-state index contributed by atoms with van der Waals surface area (Å²) in [6, 6.07) is 38.2. The molecule has 5 rings (SSSR count). The van der Waals surface area contributed by atoms with E-state index in [9.17, 15) is 18.0 Å². The number of Topliss-reactive ketones (excluding diaryl/α,β-unsaturated/α-hetero) is 1. The summed E-state index contributed by atoms with van der Waals surface area (Å²) in [6.07, 6.45) is 0.772. The van der Waals surface area contributed by atoms with E-state index in [0.717, 1.165) is 27.9 Å². The van der Waals surface area contributed by atoms with Gasteiger partial charge in [0.15, 0.2) is 0 Å². The first kappa shape index (κ1) is 37.3. The third kappa shape index (κ3) is 9.64. The highest BCUT2D eigenvalue weighted by Gasteiger charge is 2.30. The zero-order valence-electron chi connectivity index (χ0n) is 29.3. The average Bonchev–Trinajstić information content (AvgIpc) is 3.12. The van der Waals surface area contributed by atoms with Crippen LogP contribution in [-0.2, 0) is 21.2 Å². The molecule has 0 radical (unpaired) electrons. The van der Waals surface area contributed by atoms with Gasteiger partial charge in [0.2, 0.25) is 10.0 Å². The SMILES string of the molecule is Cc1cc(NC(=O)c2cccc(CCC(=O)CC(=S)Nc3ccc(S(=O)(=O)N(C)C(c4ccccc4)c4ccccc4)cc3)c2)ccc1C(C)C. The molecule has 0 fully saturated rings. The maximum absolute atomic E-state index is 13.8. The van der Waals surface area contributed by atoms with Crippen LogP contribution in [0, 0.1) is 6.92 Å². The van der Waals surface area contributed by atoms with Gasteiger partial charge in [-0.05, 0) is 95.6 Å². The average molecular weight is 718 g/mol. The summed E-state index contributed by atoms with van der Waals surface area (Å²) in [5, 5.41) is 6.04. The third-order valence-corrected chi connectivity index (χ3v) is 10.9. The molecule has 0 aromatic heterocycles. The Kier molecular flexibility index (Phi) is 12.3. The lowest BCUT2D eigenvalue weighted by Crippen LogP contribution is -2.32. The van der Waals surface area contributed by atoms with E-state index >= 15 is 0 Å². The smallest absolute Gasteiger partial charge is 0.255 e. The number of amides is 1. The lowest BCUT2D eigenvalue weighted by atomic mass is 9.97. The number of hydrogen-bond acceptors (Lipinski definition) is 5. The number of benzene rings is 5. The fraction of sp³-hybridized carbons (Fsp3) is 0.214. The van der Waals surface area contributed by atoms with Crippen molar-refractivity contribution >= 4 is 50.3 Å². The molecule has 0 spiro atoms. The highest BCUT2D eigenvalue weighted by molar-refractivity contribution is 7.89. The molecule has 0 saturated carbocycles. The quantitative estimate of drug-likeness (QED) is 0.111. The number of rotatable bonds is 14. The minimum atomic E-state index is -3.87. The van der Waals surface area contributed by atoms with Crippen molar-refractivity contribution in [3.05, 3.63) is 161 Å². The first-order chi connectivity index (χ1) is 24.4. The van der Waals surface area contributed by atoms with E-state index in [1.54, 1.807) is 25.2 Å². The predicted octanol–water partition coefficient (Wildman–Crippen LogP) is 9.11. The van der Waals surface area contributed by atoms with Crippen molar-refractivity contribution < 1.29 is 18.0 Å². The van der Waals surface area contributed by atoms with Crippen molar-refractivity contribution in [3.63, 3.8) is 0 Å². The predicted molar refractivity (Wildman–Crippen MR) is 210 cm³/mol. The second-order valence-electron chi connectivity index (χ2n) is 12.9. The lowest BCUT2D eigenvalue weighted by Gasteiger charge is -2.28. The molecule has 0 atom stereocenters. The monoisotopic (exact) mass is 717 g/mol. The van der Waals surface area contributed by atoms with E-state index in [4.69, 9.17) is 12.2 Å². The number of carbonyl (C=O) groups is 2. The molecule has 2 N–H and O–H groups in total. The topological polar surface area (TPSA) is 95.6 Å². The third-order valence-electron chi connectivity index (χ3n) is 8.80. The summed E-state index contributed by atoms with van der Waals surface area (Å²) in [6.45, 7) is 6.33. The van der Waals surface area contributed by atoms with E-state index in [1.165, 1.54) is 22.0 Å². The Labute approximate surface area is 306 Å². The molecule has 0 saturated heterocycles. The molecular formula is C42H43N3O4S2. The molecule has 0 bridgehead atoms. The molecule has 5 aromatic rings. The molecule has 0 aliphatic rings. The Morgan fingerprint density at radius 3 is 1.94 bits per heavy atom. The van der Waals surface area contributed by atoms with Crippen LogP contribution in [0.15, 0.2) is 132 Å². The standard InChI is InChI=1S/C42H43N3O4S2/c1-29(2)39-25-21-36(26-30(39)3)44-42(47)34-17-11-12-31(27-34)18-22-37(46)28-40(50)43-35-19-23-38(24-20-35)51(48,49)45(4)41(32-13-7-5-8-14-32)33-15-9-6-10-16-33/h5-17,19-21,23-27,29,41H,18,22,28H2,1-4H3,(H,43,50)(H,44,47). The van der Waals surface area contributed by atoms with Crippen molar-refractivity contribution in [1.29, 1.82) is 0 Å². The second-order valence-corrected chi connectivity index (χ2v) is 15.4. The number of carbonyl (C=O) groups excluding carboxylic acids is 2. The highest BCUT2D eigenvalue weighted by Crippen LogP contribution is 2.32. The number of nitrogens with zero attached hydrogens (tertiary/aromatic N) is 1. The van der Waals surface area contributed by atoms with E-state index < -0.39 is 16.1 Å². The summed E-state index contributed by atoms with van der Waals surface area (Å²) in [5.41, 5.74) is 6.83. The first-order valence-electron chi connectivity index (χ1n) is 16.9. The summed E-state index contributed by atoms with van der Waals surface area (Å²) < 4.78 is 29.0. The Hall–Kier alpha value is -4.96. The minimum Gasteiger partial charge on any atom is -0.350 e. The fourth-order valence-electron chi connectivity index (χ4n) is 6.13. The van der Waals surface area contributed by atoms with Crippen molar-refractivity contribution in [2.45, 2.75) is 56.9 Å². The molecule has 0 aliphatic carbocycles. The molecular weight excluding hydrogens is 675 g/mol. The minimum absolute atomic E-state index is 0.0415. The number of anilines is 2. The summed E-state index contributed by atoms with van der Waals surface area (Å²) in [5.74, 6) is 0.156. The van der Waals surface area contributed by atoms with E-state index in [-0.39, 0.29) is 29.4 Å². The molecule has 262 valence electrons. The number of ketones is 1. The van der Waals surface area contributed by atoms with Crippen LogP contribution in [0.2, 0.25) is 0 Å². The van der Waals surface area contributed by atoms with E-state index in [0.29, 0.717) is 28.6 Å². The van der Waals surface area contributed by atoms with Gasteiger partial charge in [0.25, 0.3) is 5.91 Å². The van der Waals surface area contributed by atoms with Crippen LogP contribution in [0.5, 0.6) is 0 Å². The number of nitrogens with one attached hydrogen (secondary N) is 2. The molecule has 51 heavy (non-hydrogen) atoms. The van der Waals surface area contributed by atoms with Crippen molar-refractivity contribution in [2.75, 3.05) is 17.7 Å². The summed E-state index contributed by atoms with van der Waals surface area (Å²) in [4.78, 5) is 26.3. The number of sulfonamides is 1. The van der Waals surface area contributed by atoms with Gasteiger partial charge < -0.3 is 10.6 Å². The van der Waals surface area contributed by atoms with Crippen molar-refractivity contribution in [2.24, 2.45) is 0 Å². The Morgan fingerprint density at radius 2 is 1.35 bits per heavy atom. The molecule has 5 aromatic carbocycles. The number of hydrogen-bond donors (Lipinski definition) is 2. The van der Waals surface area contributed by atoms with Crippen LogP contribution in [-0.4, -0.2) is 36.4 Å². The molecule has 9 heteroatoms. The Bertz CT molecular complexity index is 2060. The van der Waals surface area contributed by atoms with Gasteiger partial charge in [-0.2, -0.15) is 4.31 Å². The van der Waals surface area contributed by atoms with Crippen LogP contribution < -0.4 is 10.6 Å². The van der Waals surface area contributed by atoms with Crippen molar-refractivity contribution in [1.82, 2.24) is 4.31 Å². The van der Waals surface area contributed by atoms with Gasteiger partial charge in [-0.3, -0.25) is 9.59 Å². The summed E-state index contributed by atoms with van der Waals surface area (Å²) in [7, 11) is -2.28. The second kappa shape index (κ2) is 16.8. The van der Waals surface area contributed by atoms with Gasteiger partial charge in [0.05, 0.1) is 22.3 Å². The van der Waals surface area contributed by atoms with Crippen LogP contribution in [0.3, 0.4) is 0 Å². The number of thiocarbonyl (C=S) groups is 1. The molecule has 0 heterocycles. The fourth-order valence-corrected chi connectivity index (χ4v) is 7.74. The van der Waals surface area contributed by atoms with E-state index in [1.807, 2.05) is 104 Å². The van der Waals surface area contributed by atoms with Crippen LogP contribution >= 0.6 is 12.2 Å². The summed E-state index contributed by atoms with van der Waals surface area (Å²) >= 11 is 5.47. The molecule has 1 amide bonds. The highest BCUT2D eigenvalue weighted by atomic mass is 32.2. The first-order valence-corrected chi connectivity index (χ1v) is 18.8. The van der Waals surface area contributed by atoms with Gasteiger partial charge in [0.1, 0.15) is 5.78 Å². The largest absolute Gasteiger partial charge is 0.350 e. The van der Waals surface area contributed by atoms with Gasteiger partial charge in [-0.25, -0.2) is 8.42 Å². The van der Waals surface area contributed by atoms with Gasteiger partial charge in [-0.15, -0.1) is 0 Å². The maximum atomic E-state index is 13.8. The van der Waals surface area contributed by atoms with Crippen LogP contribution in [0.4, 0.5) is 11.4 Å². The van der Waals surface area contributed by atoms with Crippen molar-refractivity contribution in [3.8, 4) is 0 Å². The van der Waals surface area contributed by atoms with Gasteiger partial charge in [0, 0.05) is 30.4 Å². The van der Waals surface area contributed by atoms with Gasteiger partial charge in [-0.1, -0.05) is 105 Å². The molecule has 7 nitrogen and oxygen atoms in total. The maximum Gasteiger partial charge on any atom is 0.255 e. The lowest BCUT2D eigenvalue weighted by molar-refractivity contribution is -0.117. The van der Waals surface area contributed by atoms with E-state index in [2.05, 4.69) is 24.5 Å². The molecule has 0 unspecified atom stereocenters. The zero-order chi connectivity index (χ0) is 36.5. The Morgan fingerprint density at radius 1 is 0.745 bits per heavy atom. The van der Waals surface area contributed by atoms with Crippen LogP contribution in [0.1, 0.15) is 76.8 Å². The zero-order valence-corrected chi connectivity index (χ0v) is 30.9. The Balaban J connectivity index is 1.15. The van der Waals surface area contributed by atoms with Gasteiger partial charge >= 0.3 is 0 Å². The number of aryl methyl sites for hydroxylation is 2.